The second kappa shape index (κ2) is 12.4. The molecule has 3 saturated heterocycles. The smallest absolute Gasteiger partial charge is 0.475 e. The maximum atomic E-state index is 10.6. The van der Waals surface area contributed by atoms with E-state index < -0.39 is 12.1 Å². The Morgan fingerprint density at radius 2 is 1.66 bits per heavy atom. The van der Waals surface area contributed by atoms with Crippen molar-refractivity contribution < 1.29 is 28.2 Å². The standard InChI is InChI=1S/C24H30Cl2N4O.C2HF3O2/c25-18-3-1-17(2-4-18)11-22-14-29-16-23(31)13-21(29)15-30(22)20-6-9-28(10-7-20)24-12-19(26)5-8-27-24;3-2(4,5)1(6)7/h1-5,8,12,20-23,31H,6-7,9-11,13-16H2;(H,6,7)/t21-,22-,23-;/m0./s1. The Bertz CT molecular complexity index is 1080. The molecule has 5 rings (SSSR count). The molecule has 2 aromatic rings. The summed E-state index contributed by atoms with van der Waals surface area (Å²) in [4.78, 5) is 21.0. The summed E-state index contributed by atoms with van der Waals surface area (Å²) < 4.78 is 31.7. The van der Waals surface area contributed by atoms with Crippen LogP contribution >= 0.6 is 23.2 Å². The Hall–Kier alpha value is -2.11. The van der Waals surface area contributed by atoms with E-state index in [9.17, 15) is 18.3 Å². The van der Waals surface area contributed by atoms with Crippen molar-refractivity contribution in [2.45, 2.75) is 56.1 Å². The van der Waals surface area contributed by atoms with E-state index in [1.165, 1.54) is 5.56 Å². The van der Waals surface area contributed by atoms with Crippen LogP contribution < -0.4 is 4.90 Å². The summed E-state index contributed by atoms with van der Waals surface area (Å²) in [5.74, 6) is -1.78. The van der Waals surface area contributed by atoms with Crippen LogP contribution in [0.2, 0.25) is 10.0 Å². The zero-order valence-corrected chi connectivity index (χ0v) is 22.2. The Balaban J connectivity index is 0.000000426. The molecule has 208 valence electrons. The van der Waals surface area contributed by atoms with Gasteiger partial charge in [-0.1, -0.05) is 35.3 Å². The van der Waals surface area contributed by atoms with E-state index in [4.69, 9.17) is 33.1 Å². The van der Waals surface area contributed by atoms with Gasteiger partial charge in [0.2, 0.25) is 0 Å². The second-order valence-corrected chi connectivity index (χ2v) is 10.9. The number of halogens is 5. The summed E-state index contributed by atoms with van der Waals surface area (Å²) in [6.07, 6.45) is 0.691. The van der Waals surface area contributed by atoms with E-state index >= 15 is 0 Å². The lowest BCUT2D eigenvalue weighted by Gasteiger charge is -2.49. The molecule has 0 aliphatic carbocycles. The Kier molecular flexibility index (Phi) is 9.41. The molecule has 7 nitrogen and oxygen atoms in total. The van der Waals surface area contributed by atoms with Crippen molar-refractivity contribution >= 4 is 35.0 Å². The number of hydrogen-bond donors (Lipinski definition) is 2. The molecule has 0 spiro atoms. The van der Waals surface area contributed by atoms with E-state index in [-0.39, 0.29) is 6.10 Å². The molecule has 4 heterocycles. The highest BCUT2D eigenvalue weighted by atomic mass is 35.5. The summed E-state index contributed by atoms with van der Waals surface area (Å²) in [5.41, 5.74) is 1.33. The lowest BCUT2D eigenvalue weighted by molar-refractivity contribution is -0.192. The largest absolute Gasteiger partial charge is 0.490 e. The number of nitrogens with zero attached hydrogens (tertiary/aromatic N) is 4. The van der Waals surface area contributed by atoms with Crippen molar-refractivity contribution in [1.29, 1.82) is 0 Å². The van der Waals surface area contributed by atoms with E-state index in [0.717, 1.165) is 74.3 Å². The van der Waals surface area contributed by atoms with Gasteiger partial charge in [0.15, 0.2) is 0 Å². The molecule has 0 radical (unpaired) electrons. The molecule has 3 aliphatic heterocycles. The van der Waals surface area contributed by atoms with Gasteiger partial charge in [0, 0.05) is 67.1 Å². The molecule has 1 aromatic heterocycles. The molecular weight excluding hydrogens is 544 g/mol. The molecule has 38 heavy (non-hydrogen) atoms. The monoisotopic (exact) mass is 574 g/mol. The first-order valence-corrected chi connectivity index (χ1v) is 13.3. The van der Waals surface area contributed by atoms with Gasteiger partial charge in [-0.15, -0.1) is 0 Å². The topological polar surface area (TPSA) is 80.1 Å². The van der Waals surface area contributed by atoms with Gasteiger partial charge >= 0.3 is 12.1 Å². The second-order valence-electron chi connectivity index (χ2n) is 10.0. The fourth-order valence-corrected chi connectivity index (χ4v) is 5.93. The third-order valence-electron chi connectivity index (χ3n) is 7.43. The van der Waals surface area contributed by atoms with E-state index in [0.29, 0.717) is 18.1 Å². The van der Waals surface area contributed by atoms with Crippen molar-refractivity contribution in [1.82, 2.24) is 14.8 Å². The summed E-state index contributed by atoms with van der Waals surface area (Å²) in [5, 5.41) is 18.9. The van der Waals surface area contributed by atoms with Crippen LogP contribution in [0.1, 0.15) is 24.8 Å². The predicted molar refractivity (Wildman–Crippen MR) is 140 cm³/mol. The minimum absolute atomic E-state index is 0.183. The minimum Gasteiger partial charge on any atom is -0.475 e. The summed E-state index contributed by atoms with van der Waals surface area (Å²) >= 11 is 12.3. The maximum Gasteiger partial charge on any atom is 0.490 e. The van der Waals surface area contributed by atoms with Gasteiger partial charge in [-0.05, 0) is 55.5 Å². The maximum absolute atomic E-state index is 10.6. The zero-order valence-electron chi connectivity index (χ0n) is 20.7. The normalized spacial score (nSPS) is 25.0. The number of benzene rings is 1. The fourth-order valence-electron chi connectivity index (χ4n) is 5.65. The number of aromatic nitrogens is 1. The number of anilines is 1. The first kappa shape index (κ1) is 28.9. The number of fused-ring (bicyclic) bond motifs is 1. The Morgan fingerprint density at radius 3 is 2.26 bits per heavy atom. The van der Waals surface area contributed by atoms with E-state index in [2.05, 4.69) is 31.8 Å². The van der Waals surface area contributed by atoms with Crippen LogP contribution in [-0.2, 0) is 11.2 Å². The highest BCUT2D eigenvalue weighted by Crippen LogP contribution is 2.32. The highest BCUT2D eigenvalue weighted by molar-refractivity contribution is 6.31. The molecule has 12 heteroatoms. The van der Waals surface area contributed by atoms with Gasteiger partial charge in [0.1, 0.15) is 5.82 Å². The van der Waals surface area contributed by atoms with E-state index in [1.807, 2.05) is 24.3 Å². The van der Waals surface area contributed by atoms with Gasteiger partial charge < -0.3 is 15.1 Å². The third-order valence-corrected chi connectivity index (χ3v) is 7.92. The van der Waals surface area contributed by atoms with Crippen LogP contribution in [0.3, 0.4) is 0 Å². The first-order chi connectivity index (χ1) is 18.0. The molecule has 0 saturated carbocycles. The zero-order chi connectivity index (χ0) is 27.4. The quantitative estimate of drug-likeness (QED) is 0.562. The van der Waals surface area contributed by atoms with Gasteiger partial charge in [-0.25, -0.2) is 9.78 Å². The van der Waals surface area contributed by atoms with Crippen molar-refractivity contribution in [2.24, 2.45) is 0 Å². The number of carboxylic acids is 1. The number of rotatable bonds is 4. The van der Waals surface area contributed by atoms with E-state index in [1.54, 1.807) is 6.20 Å². The number of pyridine rings is 1. The van der Waals surface area contributed by atoms with Crippen LogP contribution in [0, 0.1) is 0 Å². The Labute approximate surface area is 229 Å². The van der Waals surface area contributed by atoms with Crippen LogP contribution in [0.25, 0.3) is 0 Å². The molecule has 2 N–H and O–H groups in total. The highest BCUT2D eigenvalue weighted by Gasteiger charge is 2.42. The van der Waals surface area contributed by atoms with Crippen molar-refractivity contribution in [3.8, 4) is 0 Å². The molecular formula is C26H31Cl2F3N4O3. The predicted octanol–water partition coefficient (Wildman–Crippen LogP) is 4.35. The van der Waals surface area contributed by atoms with Crippen LogP contribution in [-0.4, -0.2) is 94.1 Å². The third kappa shape index (κ3) is 7.51. The number of alkyl halides is 3. The van der Waals surface area contributed by atoms with Crippen molar-refractivity contribution in [3.63, 3.8) is 0 Å². The molecule has 0 unspecified atom stereocenters. The number of piperazine rings is 1. The number of piperidine rings is 1. The van der Waals surface area contributed by atoms with Gasteiger partial charge in [-0.3, -0.25) is 9.80 Å². The lowest BCUT2D eigenvalue weighted by Crippen LogP contribution is -2.61. The number of aliphatic carboxylic acids is 1. The van der Waals surface area contributed by atoms with Gasteiger partial charge in [0.25, 0.3) is 0 Å². The summed E-state index contributed by atoms with van der Waals surface area (Å²) in [6, 6.07) is 13.6. The lowest BCUT2D eigenvalue weighted by atomic mass is 9.94. The van der Waals surface area contributed by atoms with Crippen LogP contribution in [0.5, 0.6) is 0 Å². The molecule has 0 bridgehead atoms. The van der Waals surface area contributed by atoms with Gasteiger partial charge in [0.05, 0.1) is 6.10 Å². The average molecular weight is 575 g/mol. The first-order valence-electron chi connectivity index (χ1n) is 12.6. The Morgan fingerprint density at radius 1 is 1.00 bits per heavy atom. The molecule has 0 amide bonds. The number of hydrogen-bond acceptors (Lipinski definition) is 6. The fraction of sp³-hybridized carbons (Fsp3) is 0.538. The van der Waals surface area contributed by atoms with Crippen LogP contribution in [0.4, 0.5) is 19.0 Å². The molecule has 1 aromatic carbocycles. The van der Waals surface area contributed by atoms with Crippen molar-refractivity contribution in [3.05, 3.63) is 58.2 Å². The SMILES string of the molecule is O=C(O)C(F)(F)F.O[C@H]1C[C@H]2CN(C3CCN(c4cc(Cl)ccn4)CC3)[C@@H](Cc3ccc(Cl)cc3)CN2C1. The summed E-state index contributed by atoms with van der Waals surface area (Å²) in [7, 11) is 0. The number of carboxylic acid groups (broad SMARTS) is 1. The number of aliphatic hydroxyl groups is 1. The average Bonchev–Trinajstić information content (AvgIpc) is 3.24. The minimum atomic E-state index is -5.08. The van der Waals surface area contributed by atoms with Crippen molar-refractivity contribution in [2.75, 3.05) is 37.6 Å². The number of carbonyl (C=O) groups is 1. The van der Waals surface area contributed by atoms with Crippen LogP contribution in [0.15, 0.2) is 42.6 Å². The molecule has 3 atom stereocenters. The summed E-state index contributed by atoms with van der Waals surface area (Å²) in [6.45, 7) is 4.89. The van der Waals surface area contributed by atoms with Gasteiger partial charge in [-0.2, -0.15) is 13.2 Å². The molecule has 3 aliphatic rings. The molecule has 3 fully saturated rings. The number of aliphatic hydroxyl groups excluding tert-OH is 1.